The minimum Gasteiger partial charge on any atom is -0.504 e. The zero-order valence-electron chi connectivity index (χ0n) is 11.6. The van der Waals surface area contributed by atoms with E-state index in [-0.39, 0.29) is 11.1 Å². The topological polar surface area (TPSA) is 78.8 Å². The Morgan fingerprint density at radius 3 is 2.57 bits per heavy atom. The van der Waals surface area contributed by atoms with Crippen LogP contribution in [-0.2, 0) is 4.79 Å². The lowest BCUT2D eigenvalue weighted by Gasteiger charge is -2.21. The van der Waals surface area contributed by atoms with Gasteiger partial charge in [0.05, 0.1) is 12.5 Å². The Hall–Kier alpha value is -0.440. The third-order valence-corrected chi connectivity index (χ3v) is 6.82. The summed E-state index contributed by atoms with van der Waals surface area (Å²) in [6.45, 7) is 3.73. The van der Waals surface area contributed by atoms with Crippen LogP contribution in [0.1, 0.15) is 24.8 Å². The first kappa shape index (κ1) is 16.9. The predicted octanol–water partition coefficient (Wildman–Crippen LogP) is 3.49. The third kappa shape index (κ3) is 3.04. The number of aromatic hydroxyl groups is 1. The molecule has 1 aromatic carbocycles. The Labute approximate surface area is 143 Å². The van der Waals surface area contributed by atoms with Gasteiger partial charge in [0.15, 0.2) is 11.5 Å². The van der Waals surface area contributed by atoms with Crippen LogP contribution < -0.4 is 10.1 Å². The van der Waals surface area contributed by atoms with E-state index in [0.717, 1.165) is 4.47 Å². The van der Waals surface area contributed by atoms with Crippen molar-refractivity contribution in [3.63, 3.8) is 0 Å². The quantitative estimate of drug-likeness (QED) is 0.667. The monoisotopic (exact) mass is 439 g/mol. The van der Waals surface area contributed by atoms with Gasteiger partial charge in [-0.15, -0.1) is 11.8 Å². The number of carboxylic acids is 1. The number of hydrogen-bond donors (Lipinski definition) is 3. The van der Waals surface area contributed by atoms with Crippen molar-refractivity contribution < 1.29 is 19.7 Å². The molecule has 1 heterocycles. The van der Waals surface area contributed by atoms with Crippen LogP contribution in [-0.4, -0.2) is 34.1 Å². The fourth-order valence-electron chi connectivity index (χ4n) is 2.28. The summed E-state index contributed by atoms with van der Waals surface area (Å²) in [6.07, 6.45) is 0. The molecule has 0 spiro atoms. The first-order chi connectivity index (χ1) is 9.69. The van der Waals surface area contributed by atoms with Gasteiger partial charge in [-0.05, 0) is 51.8 Å². The molecule has 0 aromatic heterocycles. The van der Waals surface area contributed by atoms with E-state index in [0.29, 0.717) is 15.8 Å². The summed E-state index contributed by atoms with van der Waals surface area (Å²) >= 11 is 8.29. The number of rotatable bonds is 3. The van der Waals surface area contributed by atoms with Crippen molar-refractivity contribution >= 4 is 49.6 Å². The van der Waals surface area contributed by atoms with Crippen molar-refractivity contribution in [2.45, 2.75) is 30.0 Å². The number of phenols is 1. The minimum atomic E-state index is -0.910. The largest absolute Gasteiger partial charge is 0.504 e. The van der Waals surface area contributed by atoms with Gasteiger partial charge in [0.1, 0.15) is 6.04 Å². The Morgan fingerprint density at radius 2 is 2.10 bits per heavy atom. The van der Waals surface area contributed by atoms with Gasteiger partial charge in [-0.25, -0.2) is 0 Å². The smallest absolute Gasteiger partial charge is 0.322 e. The number of nitrogens with one attached hydrogen (secondary N) is 1. The predicted molar refractivity (Wildman–Crippen MR) is 89.0 cm³/mol. The first-order valence-electron chi connectivity index (χ1n) is 6.10. The SMILES string of the molecule is COc1cc(Br)c(Br)c(C2NC(C(=O)O)C(C)(C)S2)c1O. The molecule has 2 atom stereocenters. The maximum absolute atomic E-state index is 11.4. The molecule has 0 aliphatic carbocycles. The molecule has 3 N–H and O–H groups in total. The van der Waals surface area contributed by atoms with Crippen LogP contribution in [0.4, 0.5) is 0 Å². The molecule has 5 nitrogen and oxygen atoms in total. The molecular formula is C13H15Br2NO4S. The van der Waals surface area contributed by atoms with Crippen LogP contribution in [0.3, 0.4) is 0 Å². The Bertz CT molecular complexity index is 594. The molecule has 1 aliphatic rings. The van der Waals surface area contributed by atoms with Gasteiger partial charge in [0.25, 0.3) is 0 Å². The molecule has 1 aromatic rings. The number of benzene rings is 1. The Balaban J connectivity index is 2.49. The van der Waals surface area contributed by atoms with Crippen molar-refractivity contribution in [3.05, 3.63) is 20.6 Å². The summed E-state index contributed by atoms with van der Waals surface area (Å²) in [5.74, 6) is -0.578. The number of thioether (sulfide) groups is 1. The lowest BCUT2D eigenvalue weighted by molar-refractivity contribution is -0.139. The van der Waals surface area contributed by atoms with Crippen molar-refractivity contribution in [3.8, 4) is 11.5 Å². The summed E-state index contributed by atoms with van der Waals surface area (Å²) in [6, 6.07) is 0.950. The number of phenolic OH excluding ortho intramolecular Hbond substituents is 1. The van der Waals surface area contributed by atoms with Crippen LogP contribution >= 0.6 is 43.6 Å². The zero-order valence-corrected chi connectivity index (χ0v) is 15.6. The molecule has 0 amide bonds. The number of methoxy groups -OCH3 is 1. The van der Waals surface area contributed by atoms with E-state index in [4.69, 9.17) is 4.74 Å². The van der Waals surface area contributed by atoms with E-state index in [2.05, 4.69) is 37.2 Å². The normalized spacial score (nSPS) is 24.0. The van der Waals surface area contributed by atoms with E-state index >= 15 is 0 Å². The van der Waals surface area contributed by atoms with Gasteiger partial charge in [0.2, 0.25) is 0 Å². The molecule has 2 rings (SSSR count). The molecule has 116 valence electrons. The van der Waals surface area contributed by atoms with Crippen molar-refractivity contribution in [1.82, 2.24) is 5.32 Å². The standard InChI is InChI=1S/C13H15Br2NO4S/c1-13(2)10(12(18)19)16-11(21-13)7-8(15)5(14)4-6(20-3)9(7)17/h4,10-11,16-17H,1-3H3,(H,18,19). The lowest BCUT2D eigenvalue weighted by atomic mass is 10.0. The number of aliphatic carboxylic acids is 1. The number of carboxylic acid groups (broad SMARTS) is 1. The molecular weight excluding hydrogens is 426 g/mol. The van der Waals surface area contributed by atoms with Crippen LogP contribution in [0.15, 0.2) is 15.0 Å². The highest BCUT2D eigenvalue weighted by Gasteiger charge is 2.47. The van der Waals surface area contributed by atoms with E-state index in [1.807, 2.05) is 13.8 Å². The van der Waals surface area contributed by atoms with Crippen LogP contribution in [0.2, 0.25) is 0 Å². The summed E-state index contributed by atoms with van der Waals surface area (Å²) in [5.41, 5.74) is 0.572. The maximum Gasteiger partial charge on any atom is 0.322 e. The summed E-state index contributed by atoms with van der Waals surface area (Å²) < 4.78 is 6.05. The van der Waals surface area contributed by atoms with Gasteiger partial charge in [0, 0.05) is 19.3 Å². The molecule has 2 unspecified atom stereocenters. The van der Waals surface area contributed by atoms with Gasteiger partial charge in [-0.2, -0.15) is 0 Å². The number of halogens is 2. The van der Waals surface area contributed by atoms with Crippen LogP contribution in [0.5, 0.6) is 11.5 Å². The molecule has 1 fully saturated rings. The molecule has 0 radical (unpaired) electrons. The second-order valence-corrected chi connectivity index (χ2v) is 8.58. The number of carbonyl (C=O) groups is 1. The van der Waals surface area contributed by atoms with E-state index in [1.54, 1.807) is 6.07 Å². The average Bonchev–Trinajstić information content (AvgIpc) is 2.70. The van der Waals surface area contributed by atoms with Gasteiger partial charge < -0.3 is 14.9 Å². The van der Waals surface area contributed by atoms with E-state index in [1.165, 1.54) is 18.9 Å². The van der Waals surface area contributed by atoms with E-state index < -0.39 is 16.8 Å². The van der Waals surface area contributed by atoms with E-state index in [9.17, 15) is 15.0 Å². The first-order valence-corrected chi connectivity index (χ1v) is 8.57. The number of hydrogen-bond acceptors (Lipinski definition) is 5. The van der Waals surface area contributed by atoms with Crippen LogP contribution in [0.25, 0.3) is 0 Å². The lowest BCUT2D eigenvalue weighted by Crippen LogP contribution is -2.43. The summed E-state index contributed by atoms with van der Waals surface area (Å²) in [5, 5.41) is 22.4. The van der Waals surface area contributed by atoms with Crippen molar-refractivity contribution in [1.29, 1.82) is 0 Å². The van der Waals surface area contributed by atoms with Crippen LogP contribution in [0, 0.1) is 0 Å². The van der Waals surface area contributed by atoms with Gasteiger partial charge in [-0.1, -0.05) is 0 Å². The second-order valence-electron chi connectivity index (χ2n) is 5.18. The Kier molecular flexibility index (Phi) is 4.82. The number of ether oxygens (including phenoxy) is 1. The fourth-order valence-corrected chi connectivity index (χ4v) is 4.84. The highest BCUT2D eigenvalue weighted by atomic mass is 79.9. The highest BCUT2D eigenvalue weighted by Crippen LogP contribution is 2.52. The molecule has 21 heavy (non-hydrogen) atoms. The minimum absolute atomic E-state index is 0.000543. The summed E-state index contributed by atoms with van der Waals surface area (Å²) in [7, 11) is 1.47. The second kappa shape index (κ2) is 5.98. The molecule has 1 aliphatic heterocycles. The Morgan fingerprint density at radius 1 is 1.48 bits per heavy atom. The molecule has 8 heteroatoms. The molecule has 0 saturated carbocycles. The van der Waals surface area contributed by atoms with Gasteiger partial charge in [-0.3, -0.25) is 10.1 Å². The maximum atomic E-state index is 11.4. The fraction of sp³-hybridized carbons (Fsp3) is 0.462. The third-order valence-electron chi connectivity index (χ3n) is 3.36. The summed E-state index contributed by atoms with van der Waals surface area (Å²) in [4.78, 5) is 11.4. The molecule has 1 saturated heterocycles. The average molecular weight is 441 g/mol. The molecule has 0 bridgehead atoms. The van der Waals surface area contributed by atoms with Crippen molar-refractivity contribution in [2.24, 2.45) is 0 Å². The van der Waals surface area contributed by atoms with Gasteiger partial charge >= 0.3 is 5.97 Å². The highest BCUT2D eigenvalue weighted by molar-refractivity contribution is 9.13. The zero-order chi connectivity index (χ0) is 15.9. The van der Waals surface area contributed by atoms with Crippen molar-refractivity contribution in [2.75, 3.05) is 7.11 Å².